The molecule has 0 fully saturated rings. The summed E-state index contributed by atoms with van der Waals surface area (Å²) in [5.41, 5.74) is 0. The van der Waals surface area contributed by atoms with Crippen LogP contribution in [0.5, 0.6) is 0 Å². The Morgan fingerprint density at radius 1 is 1.62 bits per heavy atom. The minimum Gasteiger partial charge on any atom is -0.388 e. The number of aliphatic hydroxyl groups is 1. The minimum atomic E-state index is -3.03. The Morgan fingerprint density at radius 3 is 2.38 bits per heavy atom. The highest BCUT2D eigenvalue weighted by Gasteiger charge is 2.18. The molecule has 1 heterocycles. The molecule has 0 saturated carbocycles. The molecule has 0 bridgehead atoms. The Balaban J connectivity index is 2.89. The van der Waals surface area contributed by atoms with E-state index in [-0.39, 0.29) is 5.75 Å². The number of hydrogen-bond acceptors (Lipinski definition) is 3. The second-order valence-corrected chi connectivity index (χ2v) is 3.66. The van der Waals surface area contributed by atoms with Crippen molar-refractivity contribution in [3.8, 4) is 0 Å². The molecule has 1 rings (SSSR count). The van der Waals surface area contributed by atoms with E-state index in [0.717, 1.165) is 5.41 Å². The lowest BCUT2D eigenvalue weighted by Gasteiger charge is -1.90. The predicted molar refractivity (Wildman–Crippen MR) is 28.9 cm³/mol. The maximum atomic E-state index is 10.4. The van der Waals surface area contributed by atoms with Crippen molar-refractivity contribution in [2.45, 2.75) is 6.10 Å². The van der Waals surface area contributed by atoms with Crippen molar-refractivity contribution in [3.63, 3.8) is 0 Å². The fourth-order valence-corrected chi connectivity index (χ4v) is 1.68. The van der Waals surface area contributed by atoms with Crippen LogP contribution in [0, 0.1) is 0 Å². The van der Waals surface area contributed by atoms with Crippen LogP contribution in [-0.2, 0) is 9.84 Å². The summed E-state index contributed by atoms with van der Waals surface area (Å²) in [4.78, 5) is 0. The number of aliphatic hydroxyl groups excluding tert-OH is 1. The van der Waals surface area contributed by atoms with E-state index in [1.165, 1.54) is 6.08 Å². The maximum absolute atomic E-state index is 10.4. The van der Waals surface area contributed by atoms with E-state index >= 15 is 0 Å². The zero-order valence-corrected chi connectivity index (χ0v) is 4.93. The van der Waals surface area contributed by atoms with Gasteiger partial charge in [-0.2, -0.15) is 0 Å². The second kappa shape index (κ2) is 1.56. The number of rotatable bonds is 0. The standard InChI is InChI=1S/C4H6O3S/c5-4-1-2-8(6,7)3-4/h1-2,4-5H,3H2/i5+2. The lowest BCUT2D eigenvalue weighted by molar-refractivity contribution is 0.249. The van der Waals surface area contributed by atoms with Crippen LogP contribution in [0.3, 0.4) is 0 Å². The zero-order chi connectivity index (χ0) is 6.20. The van der Waals surface area contributed by atoms with Crippen molar-refractivity contribution in [1.29, 1.82) is 0 Å². The molecule has 0 spiro atoms. The monoisotopic (exact) mass is 136 g/mol. The summed E-state index contributed by atoms with van der Waals surface area (Å²) in [5, 5.41) is 9.64. The van der Waals surface area contributed by atoms with Gasteiger partial charge in [0.1, 0.15) is 0 Å². The van der Waals surface area contributed by atoms with Gasteiger partial charge in [-0.3, -0.25) is 0 Å². The molecule has 0 aromatic rings. The average molecular weight is 136 g/mol. The van der Waals surface area contributed by atoms with Gasteiger partial charge in [-0.15, -0.1) is 0 Å². The molecule has 1 N–H and O–H groups in total. The molecule has 0 saturated heterocycles. The van der Waals surface area contributed by atoms with Crippen molar-refractivity contribution in [3.05, 3.63) is 11.5 Å². The molecule has 3 nitrogen and oxygen atoms in total. The normalized spacial score (nSPS) is 33.4. The van der Waals surface area contributed by atoms with E-state index in [1.807, 2.05) is 0 Å². The lowest BCUT2D eigenvalue weighted by Crippen LogP contribution is -2.08. The molecule has 0 aromatic heterocycles. The van der Waals surface area contributed by atoms with Crippen LogP contribution in [0.15, 0.2) is 11.5 Å². The molecule has 1 aliphatic heterocycles. The van der Waals surface area contributed by atoms with Gasteiger partial charge in [0.15, 0.2) is 9.84 Å². The van der Waals surface area contributed by atoms with Crippen LogP contribution in [0.2, 0.25) is 0 Å². The van der Waals surface area contributed by atoms with Crippen molar-refractivity contribution in [1.82, 2.24) is 0 Å². The molecule has 46 valence electrons. The van der Waals surface area contributed by atoms with Gasteiger partial charge < -0.3 is 5.11 Å². The molecule has 0 aliphatic carbocycles. The quantitative estimate of drug-likeness (QED) is 0.447. The van der Waals surface area contributed by atoms with Crippen LogP contribution in [0.4, 0.5) is 0 Å². The highest BCUT2D eigenvalue weighted by Crippen LogP contribution is 2.06. The van der Waals surface area contributed by atoms with Crippen LogP contribution in [-0.4, -0.2) is 25.4 Å². The molecule has 0 amide bonds. The third kappa shape index (κ3) is 1.08. The predicted octanol–water partition coefficient (Wildman–Crippen LogP) is -0.711. The van der Waals surface area contributed by atoms with Crippen LogP contribution < -0.4 is 0 Å². The first kappa shape index (κ1) is 5.78. The van der Waals surface area contributed by atoms with Gasteiger partial charge in [0.05, 0.1) is 11.9 Å². The van der Waals surface area contributed by atoms with E-state index in [9.17, 15) is 8.42 Å². The summed E-state index contributed by atoms with van der Waals surface area (Å²) in [5.74, 6) is -0.146. The Kier molecular flexibility index (Phi) is 1.13. The summed E-state index contributed by atoms with van der Waals surface area (Å²) in [6.07, 6.45) is 0.495. The van der Waals surface area contributed by atoms with Crippen molar-refractivity contribution < 1.29 is 13.5 Å². The minimum absolute atomic E-state index is 0.146. The lowest BCUT2D eigenvalue weighted by atomic mass is 10.4. The van der Waals surface area contributed by atoms with Gasteiger partial charge in [0.2, 0.25) is 0 Å². The molecule has 4 heteroatoms. The van der Waals surface area contributed by atoms with Crippen molar-refractivity contribution >= 4 is 9.84 Å². The first-order valence-corrected chi connectivity index (χ1v) is 3.91. The summed E-state index contributed by atoms with van der Waals surface area (Å²) in [6, 6.07) is 0. The maximum Gasteiger partial charge on any atom is 0.174 e. The van der Waals surface area contributed by atoms with Gasteiger partial charge in [-0.05, 0) is 6.08 Å². The van der Waals surface area contributed by atoms with Crippen molar-refractivity contribution in [2.24, 2.45) is 0 Å². The van der Waals surface area contributed by atoms with Gasteiger partial charge in [0.25, 0.3) is 0 Å². The molecule has 1 unspecified atom stereocenters. The third-order valence-electron chi connectivity index (χ3n) is 0.911. The fourth-order valence-electron chi connectivity index (χ4n) is 0.560. The highest BCUT2D eigenvalue weighted by atomic mass is 32.2. The molecule has 1 atom stereocenters. The summed E-state index contributed by atoms with van der Waals surface area (Å²) >= 11 is 0. The number of sulfone groups is 1. The van der Waals surface area contributed by atoms with Crippen LogP contribution in [0.1, 0.15) is 0 Å². The Hall–Kier alpha value is -0.350. The van der Waals surface area contributed by atoms with E-state index in [1.54, 1.807) is 0 Å². The molecule has 0 aromatic carbocycles. The third-order valence-corrected chi connectivity index (χ3v) is 2.29. The molecule has 0 radical (unpaired) electrons. The largest absolute Gasteiger partial charge is 0.388 e. The van der Waals surface area contributed by atoms with Crippen LogP contribution >= 0.6 is 0 Å². The summed E-state index contributed by atoms with van der Waals surface area (Å²) in [6.45, 7) is 0. The van der Waals surface area contributed by atoms with Gasteiger partial charge in [-0.1, -0.05) is 0 Å². The first-order valence-electron chi connectivity index (χ1n) is 2.19. The van der Waals surface area contributed by atoms with E-state index < -0.39 is 15.9 Å². The van der Waals surface area contributed by atoms with E-state index in [2.05, 4.69) is 0 Å². The summed E-state index contributed by atoms with van der Waals surface area (Å²) in [7, 11) is -3.03. The van der Waals surface area contributed by atoms with E-state index in [0.29, 0.717) is 0 Å². The van der Waals surface area contributed by atoms with Crippen LogP contribution in [0.25, 0.3) is 0 Å². The van der Waals surface area contributed by atoms with Gasteiger partial charge >= 0.3 is 0 Å². The van der Waals surface area contributed by atoms with E-state index in [4.69, 9.17) is 5.11 Å². The average Bonchev–Trinajstić information content (AvgIpc) is 1.82. The fraction of sp³-hybridized carbons (Fsp3) is 0.500. The zero-order valence-electron chi connectivity index (χ0n) is 4.11. The number of hydrogen-bond donors (Lipinski definition) is 1. The molecule has 8 heavy (non-hydrogen) atoms. The molecular formula is C4H6O3S. The second-order valence-electron chi connectivity index (χ2n) is 1.73. The molecular weight excluding hydrogens is 130 g/mol. The Bertz CT molecular complexity index is 201. The Morgan fingerprint density at radius 2 is 2.25 bits per heavy atom. The topological polar surface area (TPSA) is 54.4 Å². The SMILES string of the molecule is O=S1(=O)C=CC([18OH])C1. The van der Waals surface area contributed by atoms with Crippen molar-refractivity contribution in [2.75, 3.05) is 5.75 Å². The van der Waals surface area contributed by atoms with Gasteiger partial charge in [0, 0.05) is 5.41 Å². The Labute approximate surface area is 47.6 Å². The molecule has 1 aliphatic rings. The summed E-state index contributed by atoms with van der Waals surface area (Å²) < 4.78 is 20.8. The smallest absolute Gasteiger partial charge is 0.174 e. The highest BCUT2D eigenvalue weighted by molar-refractivity contribution is 7.94. The van der Waals surface area contributed by atoms with Gasteiger partial charge in [-0.25, -0.2) is 8.42 Å². The first-order chi connectivity index (χ1) is 3.60.